The molecule has 0 radical (unpaired) electrons. The molecule has 0 aliphatic carbocycles. The van der Waals surface area contributed by atoms with Crippen molar-refractivity contribution < 1.29 is 23.4 Å². The van der Waals surface area contributed by atoms with Crippen LogP contribution < -0.4 is 24.4 Å². The van der Waals surface area contributed by atoms with E-state index in [4.69, 9.17) is 18.6 Å². The number of thiazole rings is 1. The molecule has 152 valence electrons. The standard InChI is InChI=1S/C21H16N2O6S/c1-2-26-20(25)14-10-22-21-23(19(24)17(30-21)9-13-4-3-7-27-13)18(14)12-5-6-15-16(8-12)29-11-28-15/h3-10,18H,2,11H2,1H3. The first kappa shape index (κ1) is 18.4. The van der Waals surface area contributed by atoms with Crippen LogP contribution in [0.3, 0.4) is 0 Å². The lowest BCUT2D eigenvalue weighted by atomic mass is 9.98. The lowest BCUT2D eigenvalue weighted by Crippen LogP contribution is -2.39. The molecule has 3 aromatic rings. The summed E-state index contributed by atoms with van der Waals surface area (Å²) in [6, 6.07) is 8.15. The Labute approximate surface area is 173 Å². The van der Waals surface area contributed by atoms with Gasteiger partial charge in [0.15, 0.2) is 16.3 Å². The summed E-state index contributed by atoms with van der Waals surface area (Å²) in [5.74, 6) is 1.21. The third kappa shape index (κ3) is 3.03. The van der Waals surface area contributed by atoms with Gasteiger partial charge in [0.05, 0.1) is 29.0 Å². The molecule has 0 N–H and O–H groups in total. The molecule has 0 bridgehead atoms. The molecule has 0 saturated heterocycles. The summed E-state index contributed by atoms with van der Waals surface area (Å²) < 4.78 is 23.4. The molecule has 1 unspecified atom stereocenters. The zero-order valence-corrected chi connectivity index (χ0v) is 16.7. The van der Waals surface area contributed by atoms with Gasteiger partial charge in [-0.05, 0) is 36.8 Å². The van der Waals surface area contributed by atoms with Gasteiger partial charge in [-0.15, -0.1) is 0 Å². The Morgan fingerprint density at radius 2 is 2.20 bits per heavy atom. The van der Waals surface area contributed by atoms with Gasteiger partial charge >= 0.3 is 5.97 Å². The van der Waals surface area contributed by atoms with Crippen LogP contribution in [0.15, 0.2) is 62.6 Å². The lowest BCUT2D eigenvalue weighted by molar-refractivity contribution is -0.139. The molecule has 1 aromatic carbocycles. The first-order valence-corrected chi connectivity index (χ1v) is 10.1. The van der Waals surface area contributed by atoms with Gasteiger partial charge in [0.2, 0.25) is 6.79 Å². The van der Waals surface area contributed by atoms with Crippen molar-refractivity contribution in [1.82, 2.24) is 4.57 Å². The van der Waals surface area contributed by atoms with E-state index in [1.165, 1.54) is 28.4 Å². The molecular formula is C21H16N2O6S. The van der Waals surface area contributed by atoms with E-state index in [0.29, 0.717) is 32.2 Å². The van der Waals surface area contributed by atoms with Crippen molar-refractivity contribution in [3.63, 3.8) is 0 Å². The SMILES string of the molecule is CCOC(=O)C1=CN=c2sc(=Cc3ccco3)c(=O)n2C1c1ccc2c(c1)OCO2. The van der Waals surface area contributed by atoms with Gasteiger partial charge in [-0.3, -0.25) is 9.36 Å². The number of ether oxygens (including phenoxy) is 3. The van der Waals surface area contributed by atoms with E-state index in [-0.39, 0.29) is 24.5 Å². The highest BCUT2D eigenvalue weighted by atomic mass is 32.1. The average Bonchev–Trinajstić information content (AvgIpc) is 3.49. The van der Waals surface area contributed by atoms with Crippen LogP contribution in [0.2, 0.25) is 0 Å². The van der Waals surface area contributed by atoms with Crippen LogP contribution in [0.25, 0.3) is 6.08 Å². The minimum atomic E-state index is -0.700. The number of hydrogen-bond donors (Lipinski definition) is 0. The minimum absolute atomic E-state index is 0.130. The van der Waals surface area contributed by atoms with Gasteiger partial charge in [-0.1, -0.05) is 17.4 Å². The molecule has 30 heavy (non-hydrogen) atoms. The Hall–Kier alpha value is -3.59. The monoisotopic (exact) mass is 424 g/mol. The Kier molecular flexibility index (Phi) is 4.51. The minimum Gasteiger partial charge on any atom is -0.465 e. The smallest absolute Gasteiger partial charge is 0.338 e. The molecule has 4 heterocycles. The summed E-state index contributed by atoms with van der Waals surface area (Å²) >= 11 is 1.23. The van der Waals surface area contributed by atoms with E-state index in [9.17, 15) is 9.59 Å². The first-order valence-electron chi connectivity index (χ1n) is 9.27. The highest BCUT2D eigenvalue weighted by Crippen LogP contribution is 2.37. The van der Waals surface area contributed by atoms with Gasteiger partial charge in [0, 0.05) is 12.3 Å². The number of carbonyl (C=O) groups excluding carboxylic acids is 1. The molecule has 0 fully saturated rings. The Bertz CT molecular complexity index is 1330. The summed E-state index contributed by atoms with van der Waals surface area (Å²) in [5.41, 5.74) is 0.694. The van der Waals surface area contributed by atoms with Crippen LogP contribution in [0.5, 0.6) is 11.5 Å². The fourth-order valence-corrected chi connectivity index (χ4v) is 4.38. The first-order chi connectivity index (χ1) is 14.7. The summed E-state index contributed by atoms with van der Waals surface area (Å²) in [5, 5.41) is 0. The molecule has 2 aromatic heterocycles. The second kappa shape index (κ2) is 7.34. The molecule has 9 heteroatoms. The maximum Gasteiger partial charge on any atom is 0.338 e. The van der Waals surface area contributed by atoms with E-state index in [0.717, 1.165) is 0 Å². The number of rotatable bonds is 4. The lowest BCUT2D eigenvalue weighted by Gasteiger charge is -2.22. The number of carbonyl (C=O) groups is 1. The van der Waals surface area contributed by atoms with Crippen molar-refractivity contribution in [3.05, 3.63) is 79.4 Å². The molecule has 1 atom stereocenters. The van der Waals surface area contributed by atoms with Crippen LogP contribution in [0.4, 0.5) is 0 Å². The van der Waals surface area contributed by atoms with Gasteiger partial charge < -0.3 is 18.6 Å². The molecule has 2 aliphatic heterocycles. The third-order valence-corrected chi connectivity index (χ3v) is 5.74. The predicted octanol–water partition coefficient (Wildman–Crippen LogP) is 1.73. The van der Waals surface area contributed by atoms with Gasteiger partial charge in [0.25, 0.3) is 5.56 Å². The number of furan rings is 1. The van der Waals surface area contributed by atoms with Crippen molar-refractivity contribution in [2.24, 2.45) is 4.99 Å². The zero-order valence-electron chi connectivity index (χ0n) is 15.9. The number of fused-ring (bicyclic) bond motifs is 2. The van der Waals surface area contributed by atoms with Crippen molar-refractivity contribution in [2.45, 2.75) is 13.0 Å². The normalized spacial score (nSPS) is 17.3. The van der Waals surface area contributed by atoms with E-state index < -0.39 is 12.0 Å². The zero-order chi connectivity index (χ0) is 20.7. The van der Waals surface area contributed by atoms with E-state index >= 15 is 0 Å². The summed E-state index contributed by atoms with van der Waals surface area (Å²) in [7, 11) is 0. The highest BCUT2D eigenvalue weighted by Gasteiger charge is 2.32. The van der Waals surface area contributed by atoms with Gasteiger partial charge in [0.1, 0.15) is 5.76 Å². The Morgan fingerprint density at radius 3 is 3.00 bits per heavy atom. The van der Waals surface area contributed by atoms with Crippen LogP contribution >= 0.6 is 11.3 Å². The largest absolute Gasteiger partial charge is 0.465 e. The molecule has 0 amide bonds. The fraction of sp³-hybridized carbons (Fsp3) is 0.190. The van der Waals surface area contributed by atoms with Crippen molar-refractivity contribution in [3.8, 4) is 11.5 Å². The quantitative estimate of drug-likeness (QED) is 0.593. The maximum atomic E-state index is 13.3. The highest BCUT2D eigenvalue weighted by molar-refractivity contribution is 7.07. The molecule has 8 nitrogen and oxygen atoms in total. The molecule has 2 aliphatic rings. The number of hydrogen-bond acceptors (Lipinski definition) is 8. The van der Waals surface area contributed by atoms with E-state index in [2.05, 4.69) is 4.99 Å². The van der Waals surface area contributed by atoms with Crippen LogP contribution in [-0.4, -0.2) is 23.9 Å². The molecular weight excluding hydrogens is 408 g/mol. The summed E-state index contributed by atoms with van der Waals surface area (Å²) in [6.07, 6.45) is 4.67. The van der Waals surface area contributed by atoms with Crippen LogP contribution in [0, 0.1) is 0 Å². The number of esters is 1. The summed E-state index contributed by atoms with van der Waals surface area (Å²) in [4.78, 5) is 30.8. The Morgan fingerprint density at radius 1 is 1.33 bits per heavy atom. The maximum absolute atomic E-state index is 13.3. The third-order valence-electron chi connectivity index (χ3n) is 4.74. The second-order valence-corrected chi connectivity index (χ2v) is 7.54. The van der Waals surface area contributed by atoms with Gasteiger partial charge in [-0.2, -0.15) is 0 Å². The number of aromatic nitrogens is 1. The number of nitrogens with zero attached hydrogens (tertiary/aromatic N) is 2. The fourth-order valence-electron chi connectivity index (χ4n) is 3.43. The van der Waals surface area contributed by atoms with Crippen LogP contribution in [0.1, 0.15) is 24.3 Å². The Balaban J connectivity index is 1.70. The van der Waals surface area contributed by atoms with E-state index in [1.54, 1.807) is 43.3 Å². The van der Waals surface area contributed by atoms with Crippen LogP contribution in [-0.2, 0) is 9.53 Å². The van der Waals surface area contributed by atoms with Crippen molar-refractivity contribution >= 4 is 23.4 Å². The topological polar surface area (TPSA) is 92.3 Å². The average molecular weight is 424 g/mol. The van der Waals surface area contributed by atoms with Crippen molar-refractivity contribution in [1.29, 1.82) is 0 Å². The second-order valence-electron chi connectivity index (χ2n) is 6.53. The predicted molar refractivity (Wildman–Crippen MR) is 107 cm³/mol. The molecule has 0 spiro atoms. The number of benzene rings is 1. The van der Waals surface area contributed by atoms with E-state index in [1.807, 2.05) is 0 Å². The molecule has 0 saturated carbocycles. The van der Waals surface area contributed by atoms with Gasteiger partial charge in [-0.25, -0.2) is 9.79 Å². The summed E-state index contributed by atoms with van der Waals surface area (Å²) in [6.45, 7) is 2.07. The molecule has 5 rings (SSSR count). The van der Waals surface area contributed by atoms with Crippen molar-refractivity contribution in [2.75, 3.05) is 13.4 Å².